The molecule has 3 aromatic rings. The average molecular weight is 545 g/mol. The molecule has 6 N–H and O–H groups in total. The van der Waals surface area contributed by atoms with E-state index < -0.39 is 34.4 Å². The van der Waals surface area contributed by atoms with Crippen molar-refractivity contribution >= 4 is 11.8 Å². The number of primary amides is 1. The van der Waals surface area contributed by atoms with E-state index in [4.69, 9.17) is 5.73 Å². The number of aromatic amines is 1. The lowest BCUT2D eigenvalue weighted by molar-refractivity contribution is -0.132. The first-order valence-corrected chi connectivity index (χ1v) is 13.6. The molecule has 1 aliphatic carbocycles. The number of carbonyl (C=O) groups excluding carboxylic acids is 2. The normalized spacial score (nSPS) is 24.9. The average Bonchev–Trinajstić information content (AvgIpc) is 2.92. The number of carbonyl (C=O) groups is 2. The van der Waals surface area contributed by atoms with Crippen LogP contribution in [0.5, 0.6) is 5.75 Å². The Bertz CT molecular complexity index is 1520. The number of aliphatic hydroxyl groups is 1. The second kappa shape index (κ2) is 10.2. The molecule has 2 amide bonds. The number of rotatable bonds is 6. The summed E-state index contributed by atoms with van der Waals surface area (Å²) in [4.78, 5) is 43.7. The number of aromatic nitrogens is 1. The maximum Gasteiger partial charge on any atom is 0.261 e. The van der Waals surface area contributed by atoms with Gasteiger partial charge < -0.3 is 31.1 Å². The van der Waals surface area contributed by atoms with E-state index >= 15 is 0 Å². The highest BCUT2D eigenvalue weighted by Gasteiger charge is 2.60. The van der Waals surface area contributed by atoms with Crippen molar-refractivity contribution in [3.63, 3.8) is 0 Å². The number of H-pyrrole nitrogens is 1. The number of amides is 2. The molecule has 210 valence electrons. The maximum absolute atomic E-state index is 13.3. The fourth-order valence-electron chi connectivity index (χ4n) is 6.69. The molecule has 2 heterocycles. The lowest BCUT2D eigenvalue weighted by Crippen LogP contribution is -2.70. The number of aryl methyl sites for hydroxylation is 1. The molecular formula is C31H36N4O5. The van der Waals surface area contributed by atoms with Crippen LogP contribution in [0, 0.1) is 6.92 Å². The van der Waals surface area contributed by atoms with Crippen LogP contribution in [0.2, 0.25) is 0 Å². The van der Waals surface area contributed by atoms with Crippen LogP contribution in [0.25, 0.3) is 0 Å². The molecule has 9 heteroatoms. The van der Waals surface area contributed by atoms with Gasteiger partial charge in [-0.15, -0.1) is 0 Å². The smallest absolute Gasteiger partial charge is 0.261 e. The summed E-state index contributed by atoms with van der Waals surface area (Å²) in [6.45, 7) is 4.68. The molecule has 0 bridgehead atoms. The number of nitrogens with two attached hydrogens (primary N) is 1. The minimum Gasteiger partial charge on any atom is -0.508 e. The monoisotopic (exact) mass is 544 g/mol. The number of likely N-dealkylation sites (N-methyl/N-ethyl adjacent to an activating group) is 1. The summed E-state index contributed by atoms with van der Waals surface area (Å²) >= 11 is 0. The summed E-state index contributed by atoms with van der Waals surface area (Å²) in [5.74, 6) is -1.29. The molecular weight excluding hydrogens is 508 g/mol. The number of benzene rings is 2. The third-order valence-electron chi connectivity index (χ3n) is 9.14. The molecule has 0 spiro atoms. The summed E-state index contributed by atoms with van der Waals surface area (Å²) in [6, 6.07) is 14.7. The van der Waals surface area contributed by atoms with Crippen molar-refractivity contribution in [2.75, 3.05) is 13.6 Å². The summed E-state index contributed by atoms with van der Waals surface area (Å²) < 4.78 is 0. The number of piperidine rings is 1. The Kier molecular flexibility index (Phi) is 7.06. The zero-order valence-corrected chi connectivity index (χ0v) is 23.0. The van der Waals surface area contributed by atoms with Gasteiger partial charge in [0.15, 0.2) is 0 Å². The van der Waals surface area contributed by atoms with Gasteiger partial charge in [-0.1, -0.05) is 36.4 Å². The number of nitrogens with zero attached hydrogens (tertiary/aromatic N) is 1. The summed E-state index contributed by atoms with van der Waals surface area (Å²) in [6.07, 6.45) is 1.36. The van der Waals surface area contributed by atoms with Crippen molar-refractivity contribution in [3.05, 3.63) is 98.5 Å². The number of phenolic OH excluding ortho intramolecular Hbond substituents is 1. The van der Waals surface area contributed by atoms with Gasteiger partial charge in [-0.05, 0) is 74.3 Å². The molecule has 40 heavy (non-hydrogen) atoms. The van der Waals surface area contributed by atoms with E-state index in [2.05, 4.69) is 15.2 Å². The molecule has 1 aliphatic heterocycles. The Balaban J connectivity index is 1.53. The molecule has 9 nitrogen and oxygen atoms in total. The summed E-state index contributed by atoms with van der Waals surface area (Å²) in [5.41, 5.74) is 6.80. The Morgan fingerprint density at radius 2 is 1.90 bits per heavy atom. The zero-order chi connectivity index (χ0) is 28.8. The molecule has 4 atom stereocenters. The fourth-order valence-corrected chi connectivity index (χ4v) is 6.69. The molecule has 1 saturated heterocycles. The van der Waals surface area contributed by atoms with Crippen LogP contribution in [-0.4, -0.2) is 63.2 Å². The highest BCUT2D eigenvalue weighted by Crippen LogP contribution is 2.53. The minimum absolute atomic E-state index is 0.120. The largest absolute Gasteiger partial charge is 0.508 e. The Hall–Kier alpha value is -3.95. The van der Waals surface area contributed by atoms with Crippen LogP contribution < -0.4 is 16.6 Å². The number of nitrogens with one attached hydrogen (secondary N) is 2. The number of hydrogen-bond acceptors (Lipinski definition) is 6. The number of phenols is 1. The number of likely N-dealkylation sites (tertiary alicyclic amines) is 1. The molecule has 5 rings (SSSR count). The lowest BCUT2D eigenvalue weighted by atomic mass is 9.53. The van der Waals surface area contributed by atoms with Crippen LogP contribution in [0.4, 0.5) is 0 Å². The van der Waals surface area contributed by atoms with Crippen LogP contribution >= 0.6 is 0 Å². The van der Waals surface area contributed by atoms with Crippen molar-refractivity contribution in [2.24, 2.45) is 5.73 Å². The predicted octanol–water partition coefficient (Wildman–Crippen LogP) is 1.71. The Morgan fingerprint density at radius 3 is 2.60 bits per heavy atom. The predicted molar refractivity (Wildman–Crippen MR) is 151 cm³/mol. The van der Waals surface area contributed by atoms with E-state index in [1.807, 2.05) is 57.3 Å². The van der Waals surface area contributed by atoms with Crippen molar-refractivity contribution in [1.29, 1.82) is 0 Å². The van der Waals surface area contributed by atoms with Crippen molar-refractivity contribution in [3.8, 4) is 5.75 Å². The van der Waals surface area contributed by atoms with Gasteiger partial charge >= 0.3 is 0 Å². The SMILES string of the molecule is Cc1ccc(O)cc1C12CCN(C)C(C)[C@]1(O)Cc1cc(C(=O)NC(Cc3ccccc3)C(N)=O)c(=O)[nH]c1C2. The fraction of sp³-hybridized carbons (Fsp3) is 0.387. The zero-order valence-electron chi connectivity index (χ0n) is 23.0. The van der Waals surface area contributed by atoms with Gasteiger partial charge in [0.05, 0.1) is 5.60 Å². The number of fused-ring (bicyclic) bond motifs is 2. The molecule has 1 fully saturated rings. The Labute approximate surface area is 233 Å². The third kappa shape index (κ3) is 4.59. The molecule has 3 unspecified atom stereocenters. The molecule has 2 aromatic carbocycles. The second-order valence-corrected chi connectivity index (χ2v) is 11.4. The van der Waals surface area contributed by atoms with Gasteiger partial charge in [0.2, 0.25) is 5.91 Å². The van der Waals surface area contributed by atoms with E-state index in [0.29, 0.717) is 24.1 Å². The first kappa shape index (κ1) is 27.6. The van der Waals surface area contributed by atoms with Crippen molar-refractivity contribution < 1.29 is 19.8 Å². The highest BCUT2D eigenvalue weighted by molar-refractivity contribution is 5.97. The topological polar surface area (TPSA) is 149 Å². The van der Waals surface area contributed by atoms with E-state index in [1.165, 1.54) is 6.07 Å². The van der Waals surface area contributed by atoms with Crippen LogP contribution in [-0.2, 0) is 29.5 Å². The van der Waals surface area contributed by atoms with Crippen LogP contribution in [0.3, 0.4) is 0 Å². The quantitative estimate of drug-likeness (QED) is 0.319. The molecule has 0 saturated carbocycles. The number of aromatic hydroxyl groups is 1. The number of hydrogen-bond donors (Lipinski definition) is 5. The van der Waals surface area contributed by atoms with Gasteiger partial charge in [0, 0.05) is 36.4 Å². The van der Waals surface area contributed by atoms with E-state index in [-0.39, 0.29) is 30.2 Å². The Morgan fingerprint density at radius 1 is 1.18 bits per heavy atom. The van der Waals surface area contributed by atoms with Crippen molar-refractivity contribution in [2.45, 2.75) is 62.6 Å². The van der Waals surface area contributed by atoms with Gasteiger partial charge in [-0.2, -0.15) is 0 Å². The minimum atomic E-state index is -1.25. The van der Waals surface area contributed by atoms with Gasteiger partial charge in [-0.25, -0.2) is 0 Å². The first-order valence-electron chi connectivity index (χ1n) is 13.6. The molecule has 0 radical (unpaired) electrons. The van der Waals surface area contributed by atoms with E-state index in [1.54, 1.807) is 12.1 Å². The van der Waals surface area contributed by atoms with Crippen molar-refractivity contribution in [1.82, 2.24) is 15.2 Å². The first-order chi connectivity index (χ1) is 18.9. The molecule has 1 aromatic heterocycles. The lowest BCUT2D eigenvalue weighted by Gasteiger charge is -2.59. The van der Waals surface area contributed by atoms with E-state index in [9.17, 15) is 24.6 Å². The molecule has 2 aliphatic rings. The standard InChI is InChI=1S/C31H36N4O5/c1-18-9-10-22(36)15-24(18)30-11-12-35(3)19(2)31(30,40)16-21-14-23(29(39)34-26(21)17-30)28(38)33-25(27(32)37)13-20-7-5-4-6-8-20/h4-10,14-15,19,25,36,40H,11-13,16-17H2,1-3H3,(H2,32,37)(H,33,38)(H,34,39)/t19?,25?,30?,31-/m1/s1. The van der Waals surface area contributed by atoms with E-state index in [0.717, 1.165) is 23.2 Å². The summed E-state index contributed by atoms with van der Waals surface area (Å²) in [7, 11) is 1.97. The summed E-state index contributed by atoms with van der Waals surface area (Å²) in [5, 5.41) is 25.5. The number of pyridine rings is 1. The van der Waals surface area contributed by atoms with Gasteiger partial charge in [0.25, 0.3) is 11.5 Å². The second-order valence-electron chi connectivity index (χ2n) is 11.4. The van der Waals surface area contributed by atoms with Gasteiger partial charge in [0.1, 0.15) is 17.4 Å². The third-order valence-corrected chi connectivity index (χ3v) is 9.14. The van der Waals surface area contributed by atoms with Crippen LogP contribution in [0.1, 0.15) is 51.7 Å². The highest BCUT2D eigenvalue weighted by atomic mass is 16.3. The maximum atomic E-state index is 13.3. The van der Waals surface area contributed by atoms with Crippen LogP contribution in [0.15, 0.2) is 59.4 Å². The van der Waals surface area contributed by atoms with Gasteiger partial charge in [-0.3, -0.25) is 14.4 Å².